The van der Waals surface area contributed by atoms with E-state index in [4.69, 9.17) is 4.74 Å². The van der Waals surface area contributed by atoms with Gasteiger partial charge in [0, 0.05) is 37.8 Å². The number of nitrogens with zero attached hydrogens (tertiary/aromatic N) is 1. The van der Waals surface area contributed by atoms with Gasteiger partial charge in [0.2, 0.25) is 11.8 Å². The van der Waals surface area contributed by atoms with Crippen LogP contribution in [0.3, 0.4) is 0 Å². The molecular formula is C15H23N3O5. The van der Waals surface area contributed by atoms with E-state index in [1.54, 1.807) is 20.8 Å². The minimum Gasteiger partial charge on any atom is -0.379 e. The van der Waals surface area contributed by atoms with Crippen molar-refractivity contribution in [2.75, 3.05) is 26.3 Å². The summed E-state index contributed by atoms with van der Waals surface area (Å²) in [5.74, 6) is -1.57. The lowest BCUT2D eigenvalue weighted by Gasteiger charge is -2.19. The van der Waals surface area contributed by atoms with Crippen LogP contribution >= 0.6 is 0 Å². The molecule has 0 aromatic heterocycles. The lowest BCUT2D eigenvalue weighted by Crippen LogP contribution is -2.50. The largest absolute Gasteiger partial charge is 0.379 e. The Bertz CT molecular complexity index is 515. The molecule has 1 aliphatic heterocycles. The first-order valence-corrected chi connectivity index (χ1v) is 7.59. The zero-order valence-electron chi connectivity index (χ0n) is 13.7. The average Bonchev–Trinajstić information content (AvgIpc) is 2.74. The topological polar surface area (TPSA) is 105 Å². The number of likely N-dealkylation sites (N-methyl/N-ethyl adjacent to an activating group) is 1. The number of carbonyl (C=O) groups excluding carboxylic acids is 4. The summed E-state index contributed by atoms with van der Waals surface area (Å²) < 4.78 is 5.19. The molecule has 0 fully saturated rings. The molecule has 8 nitrogen and oxygen atoms in total. The maximum Gasteiger partial charge on any atom is 0.256 e. The molecule has 0 aliphatic carbocycles. The molecule has 1 aliphatic rings. The quantitative estimate of drug-likeness (QED) is 0.548. The van der Waals surface area contributed by atoms with Gasteiger partial charge in [0.1, 0.15) is 6.04 Å². The fourth-order valence-electron chi connectivity index (χ4n) is 2.05. The molecule has 1 rings (SSSR count). The minimum atomic E-state index is -0.799. The lowest BCUT2D eigenvalue weighted by atomic mass is 10.2. The third kappa shape index (κ3) is 5.48. The van der Waals surface area contributed by atoms with E-state index in [1.165, 1.54) is 6.08 Å². The highest BCUT2D eigenvalue weighted by atomic mass is 16.5. The molecule has 2 N–H and O–H groups in total. The second-order valence-electron chi connectivity index (χ2n) is 5.05. The molecule has 0 radical (unpaired) electrons. The normalized spacial score (nSPS) is 15.4. The van der Waals surface area contributed by atoms with Crippen molar-refractivity contribution in [3.8, 4) is 0 Å². The fourth-order valence-corrected chi connectivity index (χ4v) is 2.05. The first-order chi connectivity index (χ1) is 10.9. The second kappa shape index (κ2) is 9.04. The highest BCUT2D eigenvalue weighted by Crippen LogP contribution is 2.11. The van der Waals surface area contributed by atoms with E-state index in [1.807, 2.05) is 0 Å². The van der Waals surface area contributed by atoms with Crippen LogP contribution in [-0.2, 0) is 23.9 Å². The summed E-state index contributed by atoms with van der Waals surface area (Å²) in [5.41, 5.74) is 0.354. The molecule has 1 atom stereocenters. The van der Waals surface area contributed by atoms with Crippen LogP contribution in [0.1, 0.15) is 27.2 Å². The first-order valence-electron chi connectivity index (χ1n) is 7.59. The number of amides is 4. The summed E-state index contributed by atoms with van der Waals surface area (Å²) in [5, 5.41) is 5.18. The molecule has 1 heterocycles. The van der Waals surface area contributed by atoms with Gasteiger partial charge in [-0.25, -0.2) is 0 Å². The molecule has 1 unspecified atom stereocenters. The van der Waals surface area contributed by atoms with Crippen molar-refractivity contribution in [2.24, 2.45) is 0 Å². The number of ether oxygens (including phenoxy) is 1. The number of carbonyl (C=O) groups is 4. The fraction of sp³-hybridized carbons (Fsp3) is 0.600. The highest BCUT2D eigenvalue weighted by Gasteiger charge is 2.29. The summed E-state index contributed by atoms with van der Waals surface area (Å²) in [6, 6.07) is -0.799. The average molecular weight is 325 g/mol. The Morgan fingerprint density at radius 1 is 1.30 bits per heavy atom. The molecular weight excluding hydrogens is 302 g/mol. The van der Waals surface area contributed by atoms with E-state index in [9.17, 15) is 19.2 Å². The van der Waals surface area contributed by atoms with Crippen molar-refractivity contribution in [1.29, 1.82) is 0 Å². The lowest BCUT2D eigenvalue weighted by molar-refractivity contribution is -0.138. The molecule has 0 saturated heterocycles. The van der Waals surface area contributed by atoms with Crippen molar-refractivity contribution in [2.45, 2.75) is 33.2 Å². The van der Waals surface area contributed by atoms with Gasteiger partial charge in [-0.15, -0.1) is 0 Å². The van der Waals surface area contributed by atoms with Crippen molar-refractivity contribution < 1.29 is 23.9 Å². The molecule has 0 saturated carbocycles. The van der Waals surface area contributed by atoms with Gasteiger partial charge in [-0.2, -0.15) is 0 Å². The Balaban J connectivity index is 2.50. The molecule has 128 valence electrons. The first kappa shape index (κ1) is 18.8. The summed E-state index contributed by atoms with van der Waals surface area (Å²) in [4.78, 5) is 48.1. The standard InChI is InChI=1S/C15H23N3O5/c1-4-16-14(21)11(9-23-5-2)17-12(19)6-7-18-13(20)8-10(3)15(18)22/h8,11H,4-7,9H2,1-3H3,(H,16,21)(H,17,19). The molecule has 0 aromatic carbocycles. The maximum atomic E-state index is 12.0. The van der Waals surface area contributed by atoms with Crippen molar-refractivity contribution in [3.63, 3.8) is 0 Å². The summed E-state index contributed by atoms with van der Waals surface area (Å²) in [7, 11) is 0. The Labute approximate surface area is 135 Å². The summed E-state index contributed by atoms with van der Waals surface area (Å²) in [6.07, 6.45) is 1.17. The molecule has 0 spiro atoms. The molecule has 0 aromatic rings. The Morgan fingerprint density at radius 3 is 2.52 bits per heavy atom. The minimum absolute atomic E-state index is 0.0198. The predicted molar refractivity (Wildman–Crippen MR) is 82.2 cm³/mol. The highest BCUT2D eigenvalue weighted by molar-refractivity contribution is 6.16. The van der Waals surface area contributed by atoms with Crippen LogP contribution in [0.25, 0.3) is 0 Å². The molecule has 8 heteroatoms. The van der Waals surface area contributed by atoms with E-state index in [2.05, 4.69) is 10.6 Å². The maximum absolute atomic E-state index is 12.0. The van der Waals surface area contributed by atoms with Crippen molar-refractivity contribution in [3.05, 3.63) is 11.6 Å². The molecule has 4 amide bonds. The van der Waals surface area contributed by atoms with Gasteiger partial charge >= 0.3 is 0 Å². The third-order valence-electron chi connectivity index (χ3n) is 3.24. The zero-order chi connectivity index (χ0) is 17.4. The van der Waals surface area contributed by atoms with Crippen molar-refractivity contribution >= 4 is 23.6 Å². The van der Waals surface area contributed by atoms with E-state index < -0.39 is 23.8 Å². The van der Waals surface area contributed by atoms with E-state index in [0.717, 1.165) is 4.90 Å². The van der Waals surface area contributed by atoms with E-state index in [0.29, 0.717) is 18.7 Å². The number of nitrogens with one attached hydrogen (secondary N) is 2. The van der Waals surface area contributed by atoms with Crippen LogP contribution in [0, 0.1) is 0 Å². The smallest absolute Gasteiger partial charge is 0.256 e. The van der Waals surface area contributed by atoms with Gasteiger partial charge in [-0.05, 0) is 20.8 Å². The van der Waals surface area contributed by atoms with Crippen LogP contribution in [0.2, 0.25) is 0 Å². The van der Waals surface area contributed by atoms with Gasteiger partial charge in [-0.1, -0.05) is 0 Å². The SMILES string of the molecule is CCNC(=O)C(COCC)NC(=O)CCN1C(=O)C=C(C)C1=O. The molecule has 0 bridgehead atoms. The second-order valence-corrected chi connectivity index (χ2v) is 5.05. The number of imide groups is 1. The van der Waals surface area contributed by atoms with Crippen molar-refractivity contribution in [1.82, 2.24) is 15.5 Å². The van der Waals surface area contributed by atoms with Gasteiger partial charge in [-0.3, -0.25) is 24.1 Å². The number of hydrogen-bond donors (Lipinski definition) is 2. The predicted octanol–water partition coefficient (Wildman–Crippen LogP) is -0.651. The Morgan fingerprint density at radius 2 is 2.00 bits per heavy atom. The number of hydrogen-bond acceptors (Lipinski definition) is 5. The summed E-state index contributed by atoms with van der Waals surface area (Å²) in [6.45, 7) is 6.03. The van der Waals surface area contributed by atoms with E-state index in [-0.39, 0.29) is 25.5 Å². The van der Waals surface area contributed by atoms with E-state index >= 15 is 0 Å². The third-order valence-corrected chi connectivity index (χ3v) is 3.24. The Hall–Kier alpha value is -2.22. The van der Waals surface area contributed by atoms with Gasteiger partial charge in [0.05, 0.1) is 6.61 Å². The van der Waals surface area contributed by atoms with Crippen LogP contribution in [-0.4, -0.2) is 60.9 Å². The van der Waals surface area contributed by atoms with Gasteiger partial charge in [0.15, 0.2) is 0 Å². The van der Waals surface area contributed by atoms with Crippen LogP contribution in [0.15, 0.2) is 11.6 Å². The monoisotopic (exact) mass is 325 g/mol. The summed E-state index contributed by atoms with van der Waals surface area (Å²) >= 11 is 0. The Kier molecular flexibility index (Phi) is 7.40. The number of rotatable bonds is 9. The van der Waals surface area contributed by atoms with Gasteiger partial charge < -0.3 is 15.4 Å². The van der Waals surface area contributed by atoms with Crippen LogP contribution in [0.5, 0.6) is 0 Å². The zero-order valence-corrected chi connectivity index (χ0v) is 13.7. The van der Waals surface area contributed by atoms with Crippen LogP contribution in [0.4, 0.5) is 0 Å². The molecule has 23 heavy (non-hydrogen) atoms. The van der Waals surface area contributed by atoms with Crippen LogP contribution < -0.4 is 10.6 Å². The van der Waals surface area contributed by atoms with Gasteiger partial charge in [0.25, 0.3) is 11.8 Å².